The summed E-state index contributed by atoms with van der Waals surface area (Å²) in [6, 6.07) is 0. The van der Waals surface area contributed by atoms with Crippen molar-refractivity contribution < 1.29 is 9.53 Å². The van der Waals surface area contributed by atoms with Crippen LogP contribution in [0.3, 0.4) is 0 Å². The third kappa shape index (κ3) is 3.61. The number of rotatable bonds is 4. The average molecular weight is 269 g/mol. The van der Waals surface area contributed by atoms with Gasteiger partial charge in [0, 0.05) is 6.54 Å². The lowest BCUT2D eigenvalue weighted by molar-refractivity contribution is 0.0488. The highest BCUT2D eigenvalue weighted by molar-refractivity contribution is 7.09. The van der Waals surface area contributed by atoms with E-state index >= 15 is 0 Å². The van der Waals surface area contributed by atoms with E-state index in [0.717, 1.165) is 11.5 Å². The molecule has 0 aliphatic carbocycles. The van der Waals surface area contributed by atoms with Crippen LogP contribution in [0.15, 0.2) is 0 Å². The van der Waals surface area contributed by atoms with Crippen molar-refractivity contribution in [2.24, 2.45) is 0 Å². The van der Waals surface area contributed by atoms with Gasteiger partial charge in [-0.1, -0.05) is 23.2 Å². The van der Waals surface area contributed by atoms with Crippen LogP contribution in [0.5, 0.6) is 0 Å². The number of carbonyl (C=O) groups is 1. The molecule has 0 aromatic carbocycles. The number of halogens is 2. The summed E-state index contributed by atoms with van der Waals surface area (Å²) in [4.78, 5) is 13.6. The van der Waals surface area contributed by atoms with Crippen molar-refractivity contribution in [2.75, 3.05) is 27.2 Å². The first-order valence-electron chi connectivity index (χ1n) is 4.15. The van der Waals surface area contributed by atoms with Crippen LogP contribution in [0.2, 0.25) is 10.2 Å². The number of esters is 1. The number of nitrogens with zero attached hydrogens (tertiary/aromatic N) is 2. The highest BCUT2D eigenvalue weighted by Crippen LogP contribution is 2.28. The van der Waals surface area contributed by atoms with Crippen molar-refractivity contribution in [3.63, 3.8) is 0 Å². The smallest absolute Gasteiger partial charge is 0.351 e. The predicted octanol–water partition coefficient (Wildman–Crippen LogP) is 2.17. The summed E-state index contributed by atoms with van der Waals surface area (Å²) in [5.41, 5.74) is 0. The molecule has 84 valence electrons. The molecule has 1 aromatic heterocycles. The Kier molecular flexibility index (Phi) is 4.79. The van der Waals surface area contributed by atoms with E-state index in [9.17, 15) is 4.79 Å². The molecule has 0 aliphatic rings. The van der Waals surface area contributed by atoms with E-state index in [0.29, 0.717) is 13.2 Å². The Hall–Kier alpha value is -0.360. The molecule has 0 radical (unpaired) electrons. The van der Waals surface area contributed by atoms with Crippen molar-refractivity contribution in [2.45, 2.75) is 0 Å². The van der Waals surface area contributed by atoms with E-state index in [1.807, 2.05) is 19.0 Å². The Balaban J connectivity index is 2.51. The maximum absolute atomic E-state index is 11.4. The van der Waals surface area contributed by atoms with E-state index in [1.165, 1.54) is 0 Å². The lowest BCUT2D eigenvalue weighted by Crippen LogP contribution is -2.19. The molecule has 0 saturated heterocycles. The van der Waals surface area contributed by atoms with Gasteiger partial charge in [-0.2, -0.15) is 4.37 Å². The monoisotopic (exact) mass is 268 g/mol. The van der Waals surface area contributed by atoms with Gasteiger partial charge < -0.3 is 9.64 Å². The van der Waals surface area contributed by atoms with Crippen molar-refractivity contribution in [1.29, 1.82) is 0 Å². The highest BCUT2D eigenvalue weighted by Gasteiger charge is 2.18. The van der Waals surface area contributed by atoms with E-state index in [4.69, 9.17) is 27.9 Å². The zero-order valence-electron chi connectivity index (χ0n) is 8.29. The van der Waals surface area contributed by atoms with E-state index in [-0.39, 0.29) is 15.1 Å². The van der Waals surface area contributed by atoms with Crippen LogP contribution in [0.1, 0.15) is 9.67 Å². The van der Waals surface area contributed by atoms with Crippen LogP contribution in [0.4, 0.5) is 0 Å². The topological polar surface area (TPSA) is 42.4 Å². The molecular formula is C8H10Cl2N2O2S. The molecule has 1 heterocycles. The van der Waals surface area contributed by atoms with Gasteiger partial charge in [0.25, 0.3) is 0 Å². The minimum Gasteiger partial charge on any atom is -0.460 e. The van der Waals surface area contributed by atoms with Crippen molar-refractivity contribution in [3.05, 3.63) is 15.1 Å². The normalized spacial score (nSPS) is 10.7. The first-order valence-corrected chi connectivity index (χ1v) is 5.68. The van der Waals surface area contributed by atoms with Gasteiger partial charge in [0.2, 0.25) is 0 Å². The minimum absolute atomic E-state index is 0.140. The Morgan fingerprint density at radius 2 is 2.20 bits per heavy atom. The lowest BCUT2D eigenvalue weighted by atomic mass is 10.5. The first kappa shape index (κ1) is 12.7. The van der Waals surface area contributed by atoms with Gasteiger partial charge in [0.1, 0.15) is 11.6 Å². The molecule has 0 saturated carbocycles. The van der Waals surface area contributed by atoms with Crippen molar-refractivity contribution in [3.8, 4) is 0 Å². The predicted molar refractivity (Wildman–Crippen MR) is 61.0 cm³/mol. The van der Waals surface area contributed by atoms with Gasteiger partial charge in [-0.3, -0.25) is 0 Å². The summed E-state index contributed by atoms with van der Waals surface area (Å²) >= 11 is 12.3. The number of hydrogen-bond acceptors (Lipinski definition) is 5. The Morgan fingerprint density at radius 3 is 2.67 bits per heavy atom. The van der Waals surface area contributed by atoms with E-state index < -0.39 is 5.97 Å². The van der Waals surface area contributed by atoms with Crippen LogP contribution in [-0.4, -0.2) is 42.5 Å². The van der Waals surface area contributed by atoms with Gasteiger partial charge in [0.05, 0.1) is 0 Å². The van der Waals surface area contributed by atoms with Gasteiger partial charge in [0.15, 0.2) is 10.0 Å². The zero-order chi connectivity index (χ0) is 11.4. The number of hydrogen-bond donors (Lipinski definition) is 0. The van der Waals surface area contributed by atoms with Crippen LogP contribution in [0.25, 0.3) is 0 Å². The molecule has 0 unspecified atom stereocenters. The summed E-state index contributed by atoms with van der Waals surface area (Å²) < 4.78 is 8.72. The van der Waals surface area contributed by atoms with E-state index in [2.05, 4.69) is 4.37 Å². The maximum atomic E-state index is 11.4. The van der Waals surface area contributed by atoms with Crippen LogP contribution < -0.4 is 0 Å². The summed E-state index contributed by atoms with van der Waals surface area (Å²) in [6.45, 7) is 0.980. The summed E-state index contributed by atoms with van der Waals surface area (Å²) in [5.74, 6) is -0.480. The second-order valence-electron chi connectivity index (χ2n) is 3.06. The molecule has 0 N–H and O–H groups in total. The SMILES string of the molecule is CN(C)CCOC(=O)c1snc(Cl)c1Cl. The molecule has 15 heavy (non-hydrogen) atoms. The van der Waals surface area contributed by atoms with Gasteiger partial charge in [-0.25, -0.2) is 4.79 Å². The van der Waals surface area contributed by atoms with Crippen molar-refractivity contribution >= 4 is 40.7 Å². The largest absolute Gasteiger partial charge is 0.460 e. The fourth-order valence-corrected chi connectivity index (χ4v) is 1.87. The fraction of sp³-hybridized carbons (Fsp3) is 0.500. The number of aromatic nitrogens is 1. The molecule has 0 fully saturated rings. The Morgan fingerprint density at radius 1 is 1.53 bits per heavy atom. The van der Waals surface area contributed by atoms with Crippen molar-refractivity contribution in [1.82, 2.24) is 9.27 Å². The molecule has 0 atom stereocenters. The third-order valence-electron chi connectivity index (χ3n) is 1.55. The number of likely N-dealkylation sites (N-methyl/N-ethyl adjacent to an activating group) is 1. The summed E-state index contributed by atoms with van der Waals surface area (Å²) in [6.07, 6.45) is 0. The number of ether oxygens (including phenoxy) is 1. The summed E-state index contributed by atoms with van der Waals surface area (Å²) in [7, 11) is 3.79. The Labute approximate surface area is 102 Å². The second-order valence-corrected chi connectivity index (χ2v) is 4.57. The molecule has 1 rings (SSSR count). The number of carbonyl (C=O) groups excluding carboxylic acids is 1. The Bertz CT molecular complexity index is 354. The average Bonchev–Trinajstić information content (AvgIpc) is 2.47. The summed E-state index contributed by atoms with van der Waals surface area (Å²) in [5, 5.41) is 0.303. The molecule has 0 spiro atoms. The van der Waals surface area contributed by atoms with E-state index in [1.54, 1.807) is 0 Å². The second kappa shape index (κ2) is 5.65. The maximum Gasteiger partial charge on any atom is 0.351 e. The van der Waals surface area contributed by atoms with Gasteiger partial charge >= 0.3 is 5.97 Å². The van der Waals surface area contributed by atoms with Crippen LogP contribution >= 0.6 is 34.7 Å². The molecule has 0 aliphatic heterocycles. The van der Waals surface area contributed by atoms with Gasteiger partial charge in [-0.15, -0.1) is 0 Å². The molecule has 1 aromatic rings. The van der Waals surface area contributed by atoms with Crippen LogP contribution in [-0.2, 0) is 4.74 Å². The molecule has 4 nitrogen and oxygen atoms in total. The minimum atomic E-state index is -0.480. The third-order valence-corrected chi connectivity index (χ3v) is 3.33. The lowest BCUT2D eigenvalue weighted by Gasteiger charge is -2.08. The molecular weight excluding hydrogens is 259 g/mol. The van der Waals surface area contributed by atoms with Gasteiger partial charge in [-0.05, 0) is 25.6 Å². The molecule has 7 heteroatoms. The van der Waals surface area contributed by atoms with Crippen LogP contribution in [0, 0.1) is 0 Å². The molecule has 0 bridgehead atoms. The first-order chi connectivity index (χ1) is 7.02. The highest BCUT2D eigenvalue weighted by atomic mass is 35.5. The zero-order valence-corrected chi connectivity index (χ0v) is 10.6. The standard InChI is InChI=1S/C8H10Cl2N2O2S/c1-12(2)3-4-14-8(13)6-5(9)7(10)11-15-6/h3-4H2,1-2H3. The fourth-order valence-electron chi connectivity index (χ4n) is 0.773. The molecule has 0 amide bonds. The quantitative estimate of drug-likeness (QED) is 0.786.